The van der Waals surface area contributed by atoms with Gasteiger partial charge < -0.3 is 4.98 Å². The predicted octanol–water partition coefficient (Wildman–Crippen LogP) is 4.57. The molecule has 1 aliphatic heterocycles. The summed E-state index contributed by atoms with van der Waals surface area (Å²) in [6.45, 7) is 0. The van der Waals surface area contributed by atoms with Crippen LogP contribution in [0.4, 0.5) is 5.69 Å². The summed E-state index contributed by atoms with van der Waals surface area (Å²) in [5, 5.41) is 2.23. The molecule has 0 bridgehead atoms. The van der Waals surface area contributed by atoms with Gasteiger partial charge >= 0.3 is 0 Å². The number of aromatic amines is 1. The van der Waals surface area contributed by atoms with E-state index in [-0.39, 0.29) is 5.91 Å². The lowest BCUT2D eigenvalue weighted by Crippen LogP contribution is -2.27. The summed E-state index contributed by atoms with van der Waals surface area (Å²) in [4.78, 5) is 18.0. The summed E-state index contributed by atoms with van der Waals surface area (Å²) in [6, 6.07) is 17.8. The Hall–Kier alpha value is -2.37. The number of aromatic nitrogens is 1. The molecule has 0 radical (unpaired) electrons. The number of anilines is 1. The number of hydrogen-bond acceptors (Lipinski definition) is 3. The Morgan fingerprint density at radius 3 is 2.65 bits per heavy atom. The number of amides is 1. The molecule has 3 nitrogen and oxygen atoms in total. The number of nitrogens with one attached hydrogen (secondary N) is 1. The molecule has 0 aliphatic carbocycles. The van der Waals surface area contributed by atoms with Crippen LogP contribution in [-0.4, -0.2) is 15.2 Å². The van der Waals surface area contributed by atoms with Gasteiger partial charge in [0.05, 0.1) is 10.6 Å². The van der Waals surface area contributed by atoms with Crippen LogP contribution in [0.5, 0.6) is 0 Å². The van der Waals surface area contributed by atoms with Crippen molar-refractivity contribution < 1.29 is 4.79 Å². The lowest BCUT2D eigenvalue weighted by molar-refractivity contribution is -0.113. The molecule has 1 aromatic heterocycles. The van der Waals surface area contributed by atoms with E-state index in [1.165, 1.54) is 11.8 Å². The zero-order valence-electron chi connectivity index (χ0n) is 12.0. The van der Waals surface area contributed by atoms with Crippen molar-refractivity contribution in [3.05, 3.63) is 71.4 Å². The second kappa shape index (κ2) is 5.68. The lowest BCUT2D eigenvalue weighted by atomic mass is 10.1. The first-order chi connectivity index (χ1) is 11.2. The SMILES string of the molecule is O=C1/C(=C\c2ccc[nH]2)SC(=S)N1c1ccc2ccccc2c1. The molecule has 2 heterocycles. The van der Waals surface area contributed by atoms with Gasteiger partial charge in [0.1, 0.15) is 0 Å². The van der Waals surface area contributed by atoms with Gasteiger partial charge in [-0.05, 0) is 41.1 Å². The van der Waals surface area contributed by atoms with E-state index in [1.54, 1.807) is 4.90 Å². The van der Waals surface area contributed by atoms with Crippen LogP contribution in [0.3, 0.4) is 0 Å². The monoisotopic (exact) mass is 336 g/mol. The van der Waals surface area contributed by atoms with Gasteiger partial charge in [0.25, 0.3) is 5.91 Å². The van der Waals surface area contributed by atoms with Crippen molar-refractivity contribution in [1.82, 2.24) is 4.98 Å². The quantitative estimate of drug-likeness (QED) is 0.550. The van der Waals surface area contributed by atoms with E-state index in [1.807, 2.05) is 60.8 Å². The molecular weight excluding hydrogens is 324 g/mol. The maximum absolute atomic E-state index is 12.7. The van der Waals surface area contributed by atoms with Crippen molar-refractivity contribution in [3.8, 4) is 0 Å². The summed E-state index contributed by atoms with van der Waals surface area (Å²) in [6.07, 6.45) is 3.66. The summed E-state index contributed by atoms with van der Waals surface area (Å²) >= 11 is 6.74. The standard InChI is InChI=1S/C18H12N2OS2/c21-17-16(11-14-6-3-9-19-14)23-18(22)20(17)15-8-7-12-4-1-2-5-13(12)10-15/h1-11,19H/b16-11+. The highest BCUT2D eigenvalue weighted by atomic mass is 32.2. The Bertz CT molecular complexity index is 945. The maximum atomic E-state index is 12.7. The molecule has 3 aromatic rings. The van der Waals surface area contributed by atoms with E-state index >= 15 is 0 Å². The molecular formula is C18H12N2OS2. The Morgan fingerprint density at radius 2 is 1.87 bits per heavy atom. The summed E-state index contributed by atoms with van der Waals surface area (Å²) in [7, 11) is 0. The van der Waals surface area contributed by atoms with Gasteiger partial charge in [-0.3, -0.25) is 9.69 Å². The minimum Gasteiger partial charge on any atom is -0.362 e. The van der Waals surface area contributed by atoms with Gasteiger partial charge in [0.15, 0.2) is 4.32 Å². The molecule has 2 aromatic carbocycles. The van der Waals surface area contributed by atoms with Crippen molar-refractivity contribution in [3.63, 3.8) is 0 Å². The van der Waals surface area contributed by atoms with Crippen molar-refractivity contribution in [1.29, 1.82) is 0 Å². The third kappa shape index (κ3) is 2.58. The van der Waals surface area contributed by atoms with Crippen LogP contribution in [0.1, 0.15) is 5.69 Å². The molecule has 0 saturated carbocycles. The van der Waals surface area contributed by atoms with Crippen molar-refractivity contribution in [2.45, 2.75) is 0 Å². The Labute approximate surface area is 143 Å². The molecule has 1 N–H and O–H groups in total. The van der Waals surface area contributed by atoms with E-state index < -0.39 is 0 Å². The first-order valence-corrected chi connectivity index (χ1v) is 8.35. The Morgan fingerprint density at radius 1 is 1.04 bits per heavy atom. The molecule has 1 aliphatic rings. The molecule has 23 heavy (non-hydrogen) atoms. The molecule has 0 spiro atoms. The van der Waals surface area contributed by atoms with Crippen molar-refractivity contribution >= 4 is 56.7 Å². The highest BCUT2D eigenvalue weighted by molar-refractivity contribution is 8.27. The topological polar surface area (TPSA) is 36.1 Å². The van der Waals surface area contributed by atoms with Crippen LogP contribution < -0.4 is 4.90 Å². The second-order valence-corrected chi connectivity index (χ2v) is 6.85. The van der Waals surface area contributed by atoms with Crippen LogP contribution in [0.25, 0.3) is 16.8 Å². The normalized spacial score (nSPS) is 16.7. The second-order valence-electron chi connectivity index (χ2n) is 5.17. The van der Waals surface area contributed by atoms with Crippen LogP contribution in [-0.2, 0) is 4.79 Å². The summed E-state index contributed by atoms with van der Waals surface area (Å²) in [5.41, 5.74) is 1.70. The number of thiocarbonyl (C=S) groups is 1. The molecule has 4 rings (SSSR count). The third-order valence-corrected chi connectivity index (χ3v) is 5.00. The predicted molar refractivity (Wildman–Crippen MR) is 100 cm³/mol. The molecule has 1 saturated heterocycles. The summed E-state index contributed by atoms with van der Waals surface area (Å²) in [5.74, 6) is -0.0788. The number of rotatable bonds is 2. The first-order valence-electron chi connectivity index (χ1n) is 7.12. The van der Waals surface area contributed by atoms with Gasteiger partial charge in [0.2, 0.25) is 0 Å². The smallest absolute Gasteiger partial charge is 0.270 e. The number of benzene rings is 2. The van der Waals surface area contributed by atoms with Gasteiger partial charge in [-0.1, -0.05) is 54.3 Å². The van der Waals surface area contributed by atoms with Crippen LogP contribution in [0, 0.1) is 0 Å². The average Bonchev–Trinajstić information content (AvgIpc) is 3.16. The Balaban J connectivity index is 1.73. The zero-order chi connectivity index (χ0) is 15.8. The van der Waals surface area contributed by atoms with Crippen LogP contribution in [0.15, 0.2) is 65.7 Å². The van der Waals surface area contributed by atoms with E-state index in [4.69, 9.17) is 12.2 Å². The third-order valence-electron chi connectivity index (χ3n) is 3.69. The maximum Gasteiger partial charge on any atom is 0.270 e. The summed E-state index contributed by atoms with van der Waals surface area (Å²) < 4.78 is 0.558. The zero-order valence-corrected chi connectivity index (χ0v) is 13.7. The molecule has 1 amide bonds. The minimum absolute atomic E-state index is 0.0788. The fourth-order valence-electron chi connectivity index (χ4n) is 2.58. The van der Waals surface area contributed by atoms with Gasteiger partial charge in [0, 0.05) is 11.9 Å². The molecule has 5 heteroatoms. The van der Waals surface area contributed by atoms with E-state index in [0.717, 1.165) is 22.2 Å². The number of carbonyl (C=O) groups excluding carboxylic acids is 1. The molecule has 0 unspecified atom stereocenters. The lowest BCUT2D eigenvalue weighted by Gasteiger charge is -2.15. The van der Waals surface area contributed by atoms with E-state index in [9.17, 15) is 4.79 Å². The number of carbonyl (C=O) groups is 1. The minimum atomic E-state index is -0.0788. The molecule has 1 fully saturated rings. The average molecular weight is 336 g/mol. The number of fused-ring (bicyclic) bond motifs is 1. The van der Waals surface area contributed by atoms with Gasteiger partial charge in [-0.25, -0.2) is 0 Å². The first kappa shape index (κ1) is 14.2. The highest BCUT2D eigenvalue weighted by Gasteiger charge is 2.33. The molecule has 112 valence electrons. The van der Waals surface area contributed by atoms with Gasteiger partial charge in [-0.2, -0.15) is 0 Å². The fraction of sp³-hybridized carbons (Fsp3) is 0. The van der Waals surface area contributed by atoms with Gasteiger partial charge in [-0.15, -0.1) is 0 Å². The largest absolute Gasteiger partial charge is 0.362 e. The Kier molecular flexibility index (Phi) is 3.52. The highest BCUT2D eigenvalue weighted by Crippen LogP contribution is 2.36. The van der Waals surface area contributed by atoms with Crippen LogP contribution >= 0.6 is 24.0 Å². The van der Waals surface area contributed by atoms with E-state index in [0.29, 0.717) is 9.23 Å². The van der Waals surface area contributed by atoms with E-state index in [2.05, 4.69) is 11.1 Å². The number of thioether (sulfide) groups is 1. The van der Waals surface area contributed by atoms with Crippen molar-refractivity contribution in [2.75, 3.05) is 4.90 Å². The van der Waals surface area contributed by atoms with Crippen LogP contribution in [0.2, 0.25) is 0 Å². The number of hydrogen-bond donors (Lipinski definition) is 1. The van der Waals surface area contributed by atoms with Crippen molar-refractivity contribution in [2.24, 2.45) is 0 Å². The fourth-order valence-corrected chi connectivity index (χ4v) is 3.87. The number of nitrogens with zero attached hydrogens (tertiary/aromatic N) is 1. The molecule has 0 atom stereocenters. The number of H-pyrrole nitrogens is 1.